The van der Waals surface area contributed by atoms with Gasteiger partial charge < -0.3 is 5.32 Å². The molecule has 1 amide bonds. The Labute approximate surface area is 164 Å². The predicted octanol–water partition coefficient (Wildman–Crippen LogP) is 1.78. The summed E-state index contributed by atoms with van der Waals surface area (Å²) in [5, 5.41) is 7.15. The first-order valence-corrected chi connectivity index (χ1v) is 10.4. The highest BCUT2D eigenvalue weighted by molar-refractivity contribution is 7.88. The van der Waals surface area contributed by atoms with E-state index in [1.54, 1.807) is 23.0 Å². The second kappa shape index (κ2) is 8.81. The Morgan fingerprint density at radius 3 is 2.36 bits per heavy atom. The second-order valence-corrected chi connectivity index (χ2v) is 8.29. The maximum Gasteiger partial charge on any atom is 0.224 e. The Balaban J connectivity index is 1.51. The minimum absolute atomic E-state index is 0.0679. The molecule has 0 fully saturated rings. The molecule has 0 atom stereocenters. The maximum absolute atomic E-state index is 12.2. The van der Waals surface area contributed by atoms with Gasteiger partial charge in [-0.1, -0.05) is 42.5 Å². The molecular formula is C20H22N4O3S. The van der Waals surface area contributed by atoms with Gasteiger partial charge in [-0.25, -0.2) is 17.8 Å². The van der Waals surface area contributed by atoms with Crippen molar-refractivity contribution in [1.29, 1.82) is 0 Å². The van der Waals surface area contributed by atoms with Gasteiger partial charge >= 0.3 is 0 Å². The number of nitrogens with zero attached hydrogens (tertiary/aromatic N) is 2. The van der Waals surface area contributed by atoms with Crippen molar-refractivity contribution < 1.29 is 13.2 Å². The molecule has 7 nitrogen and oxygen atoms in total. The van der Waals surface area contributed by atoms with Crippen LogP contribution in [0.2, 0.25) is 0 Å². The van der Waals surface area contributed by atoms with Crippen molar-refractivity contribution >= 4 is 15.9 Å². The maximum atomic E-state index is 12.2. The van der Waals surface area contributed by atoms with Crippen LogP contribution in [0.5, 0.6) is 0 Å². The zero-order valence-electron chi connectivity index (χ0n) is 15.5. The van der Waals surface area contributed by atoms with E-state index >= 15 is 0 Å². The third-order valence-corrected chi connectivity index (χ3v) is 5.54. The van der Waals surface area contributed by atoms with E-state index in [1.165, 1.54) is 7.05 Å². The van der Waals surface area contributed by atoms with E-state index < -0.39 is 10.0 Å². The van der Waals surface area contributed by atoms with Crippen molar-refractivity contribution in [3.05, 3.63) is 83.7 Å². The molecule has 0 radical (unpaired) electrons. The van der Waals surface area contributed by atoms with Crippen molar-refractivity contribution in [2.45, 2.75) is 18.7 Å². The van der Waals surface area contributed by atoms with Crippen LogP contribution in [0.15, 0.2) is 67.0 Å². The van der Waals surface area contributed by atoms with Crippen LogP contribution >= 0.6 is 0 Å². The second-order valence-electron chi connectivity index (χ2n) is 6.36. The van der Waals surface area contributed by atoms with Crippen LogP contribution in [0.25, 0.3) is 5.69 Å². The van der Waals surface area contributed by atoms with Crippen molar-refractivity contribution in [3.8, 4) is 5.69 Å². The van der Waals surface area contributed by atoms with Crippen molar-refractivity contribution in [2.75, 3.05) is 7.05 Å². The highest BCUT2D eigenvalue weighted by Gasteiger charge is 2.09. The predicted molar refractivity (Wildman–Crippen MR) is 107 cm³/mol. The Kier molecular flexibility index (Phi) is 6.23. The van der Waals surface area contributed by atoms with Crippen molar-refractivity contribution in [2.24, 2.45) is 0 Å². The first-order valence-electron chi connectivity index (χ1n) is 8.80. The molecular weight excluding hydrogens is 376 g/mol. The van der Waals surface area contributed by atoms with Gasteiger partial charge in [-0.05, 0) is 35.9 Å². The van der Waals surface area contributed by atoms with E-state index in [0.717, 1.165) is 16.8 Å². The molecule has 146 valence electrons. The molecule has 2 N–H and O–H groups in total. The van der Waals surface area contributed by atoms with Gasteiger partial charge in [0.15, 0.2) is 0 Å². The Morgan fingerprint density at radius 1 is 1.00 bits per heavy atom. The molecule has 1 aromatic heterocycles. The van der Waals surface area contributed by atoms with E-state index in [4.69, 9.17) is 0 Å². The molecule has 3 rings (SSSR count). The lowest BCUT2D eigenvalue weighted by Gasteiger charge is -2.07. The fraction of sp³-hybridized carbons (Fsp3) is 0.200. The average molecular weight is 398 g/mol. The Hall–Kier alpha value is -2.97. The zero-order valence-corrected chi connectivity index (χ0v) is 16.3. The number of amides is 1. The summed E-state index contributed by atoms with van der Waals surface area (Å²) in [7, 11) is -1.90. The van der Waals surface area contributed by atoms with Gasteiger partial charge in [0.1, 0.15) is 0 Å². The fourth-order valence-electron chi connectivity index (χ4n) is 2.67. The van der Waals surface area contributed by atoms with Gasteiger partial charge in [-0.15, -0.1) is 0 Å². The molecule has 0 saturated heterocycles. The minimum atomic E-state index is -3.29. The topological polar surface area (TPSA) is 93.1 Å². The molecule has 2 aromatic carbocycles. The number of sulfonamides is 1. The molecule has 3 aromatic rings. The summed E-state index contributed by atoms with van der Waals surface area (Å²) in [4.78, 5) is 12.2. The monoisotopic (exact) mass is 398 g/mol. The number of carbonyl (C=O) groups excluding carboxylic acids is 1. The number of hydrogen-bond donors (Lipinski definition) is 2. The molecule has 8 heteroatoms. The van der Waals surface area contributed by atoms with Crippen LogP contribution in [-0.4, -0.2) is 31.2 Å². The normalized spacial score (nSPS) is 11.3. The Bertz CT molecular complexity index is 1030. The number of para-hydroxylation sites is 1. The number of hydrogen-bond acceptors (Lipinski definition) is 4. The lowest BCUT2D eigenvalue weighted by atomic mass is 10.1. The van der Waals surface area contributed by atoms with E-state index in [1.807, 2.05) is 48.7 Å². The van der Waals surface area contributed by atoms with Crippen molar-refractivity contribution in [1.82, 2.24) is 19.8 Å². The smallest absolute Gasteiger partial charge is 0.224 e. The number of nitrogens with one attached hydrogen (secondary N) is 2. The number of carbonyl (C=O) groups is 1. The van der Waals surface area contributed by atoms with E-state index in [2.05, 4.69) is 15.1 Å². The van der Waals surface area contributed by atoms with Gasteiger partial charge in [0.05, 0.1) is 24.1 Å². The van der Waals surface area contributed by atoms with Gasteiger partial charge in [-0.3, -0.25) is 4.79 Å². The lowest BCUT2D eigenvalue weighted by Crippen LogP contribution is -2.24. The first-order chi connectivity index (χ1) is 13.4. The van der Waals surface area contributed by atoms with Crippen LogP contribution < -0.4 is 10.0 Å². The molecule has 1 heterocycles. The fourth-order valence-corrected chi connectivity index (χ4v) is 3.44. The Morgan fingerprint density at radius 2 is 1.68 bits per heavy atom. The molecule has 0 saturated carbocycles. The van der Waals surface area contributed by atoms with E-state index in [0.29, 0.717) is 12.1 Å². The highest BCUT2D eigenvalue weighted by atomic mass is 32.2. The number of benzene rings is 2. The van der Waals surface area contributed by atoms with Gasteiger partial charge in [0.2, 0.25) is 15.9 Å². The summed E-state index contributed by atoms with van der Waals surface area (Å²) in [6, 6.07) is 16.8. The summed E-state index contributed by atoms with van der Waals surface area (Å²) in [5.41, 5.74) is 3.36. The summed E-state index contributed by atoms with van der Waals surface area (Å²) in [6.07, 6.45) is 3.76. The van der Waals surface area contributed by atoms with Gasteiger partial charge in [0.25, 0.3) is 0 Å². The van der Waals surface area contributed by atoms with Crippen LogP contribution in [0, 0.1) is 0 Å². The van der Waals surface area contributed by atoms with Crippen LogP contribution in [0.3, 0.4) is 0 Å². The molecule has 0 aliphatic heterocycles. The highest BCUT2D eigenvalue weighted by Crippen LogP contribution is 2.09. The lowest BCUT2D eigenvalue weighted by molar-refractivity contribution is -0.120. The average Bonchev–Trinajstić information content (AvgIpc) is 3.16. The summed E-state index contributed by atoms with van der Waals surface area (Å²) >= 11 is 0. The third kappa shape index (κ3) is 5.51. The number of aromatic nitrogens is 2. The largest absolute Gasteiger partial charge is 0.352 e. The van der Waals surface area contributed by atoms with Crippen LogP contribution in [0.4, 0.5) is 0 Å². The molecule has 28 heavy (non-hydrogen) atoms. The SMILES string of the molecule is CNS(=O)(=O)Cc1ccc(CNC(=O)Cc2cnn(-c3ccccc3)c2)cc1. The van der Waals surface area contributed by atoms with Crippen LogP contribution in [0.1, 0.15) is 16.7 Å². The summed E-state index contributed by atoms with van der Waals surface area (Å²) < 4.78 is 27.1. The van der Waals surface area contributed by atoms with Crippen molar-refractivity contribution in [3.63, 3.8) is 0 Å². The number of rotatable bonds is 8. The minimum Gasteiger partial charge on any atom is -0.352 e. The van der Waals surface area contributed by atoms with Crippen LogP contribution in [-0.2, 0) is 33.5 Å². The van der Waals surface area contributed by atoms with Gasteiger partial charge in [0, 0.05) is 12.7 Å². The summed E-state index contributed by atoms with van der Waals surface area (Å²) in [5.74, 6) is -0.170. The zero-order chi connectivity index (χ0) is 20.0. The first kappa shape index (κ1) is 19.8. The standard InChI is InChI=1S/C20H22N4O3S/c1-21-28(26,27)15-17-9-7-16(8-10-17)12-22-20(25)11-18-13-23-24(14-18)19-5-3-2-4-6-19/h2-10,13-14,21H,11-12,15H2,1H3,(H,22,25). The molecule has 0 bridgehead atoms. The van der Waals surface area contributed by atoms with Gasteiger partial charge in [-0.2, -0.15) is 5.10 Å². The molecule has 0 aliphatic rings. The van der Waals surface area contributed by atoms with E-state index in [-0.39, 0.29) is 18.1 Å². The van der Waals surface area contributed by atoms with E-state index in [9.17, 15) is 13.2 Å². The summed E-state index contributed by atoms with van der Waals surface area (Å²) in [6.45, 7) is 0.380. The molecule has 0 unspecified atom stereocenters. The molecule has 0 spiro atoms. The molecule has 0 aliphatic carbocycles. The third-order valence-electron chi connectivity index (χ3n) is 4.20. The quantitative estimate of drug-likeness (QED) is 0.605.